The second-order valence-corrected chi connectivity index (χ2v) is 6.70. The molecule has 9 heteroatoms. The van der Waals surface area contributed by atoms with Gasteiger partial charge >= 0.3 is 0 Å². The molecule has 0 aliphatic carbocycles. The lowest BCUT2D eigenvalue weighted by molar-refractivity contribution is 0.555. The molecule has 0 amide bonds. The van der Waals surface area contributed by atoms with Gasteiger partial charge in [0.25, 0.3) is 0 Å². The highest BCUT2D eigenvalue weighted by molar-refractivity contribution is 9.10. The van der Waals surface area contributed by atoms with E-state index in [2.05, 4.69) is 25.8 Å². The van der Waals surface area contributed by atoms with E-state index in [1.807, 2.05) is 0 Å². The number of hydrogen-bond acceptors (Lipinski definition) is 4. The molecule has 6 nitrogen and oxygen atoms in total. The smallest absolute Gasteiger partial charge is 0.243 e. The van der Waals surface area contributed by atoms with Gasteiger partial charge in [-0.2, -0.15) is 5.10 Å². The highest BCUT2D eigenvalue weighted by Gasteiger charge is 2.20. The molecule has 0 atom stereocenters. The van der Waals surface area contributed by atoms with Gasteiger partial charge in [0.15, 0.2) is 0 Å². The van der Waals surface area contributed by atoms with Crippen LogP contribution in [0, 0.1) is 5.82 Å². The third-order valence-electron chi connectivity index (χ3n) is 2.55. The summed E-state index contributed by atoms with van der Waals surface area (Å²) >= 11 is 3.03. The van der Waals surface area contributed by atoms with Crippen LogP contribution in [0.5, 0.6) is 0 Å². The van der Waals surface area contributed by atoms with E-state index < -0.39 is 20.7 Å². The van der Waals surface area contributed by atoms with E-state index in [-0.39, 0.29) is 12.2 Å². The van der Waals surface area contributed by atoms with Gasteiger partial charge in [0.05, 0.1) is 12.2 Å². The SMILES string of the molecule is Cn1ccc(CNS(=O)(=O)c2cc(N)c(Br)cc2F)n1. The van der Waals surface area contributed by atoms with Crippen molar-refractivity contribution in [1.82, 2.24) is 14.5 Å². The molecule has 0 fully saturated rings. The second kappa shape index (κ2) is 5.51. The Morgan fingerprint density at radius 2 is 2.20 bits per heavy atom. The van der Waals surface area contributed by atoms with Crippen LogP contribution in [0.15, 0.2) is 33.8 Å². The first-order valence-electron chi connectivity index (χ1n) is 5.52. The van der Waals surface area contributed by atoms with Crippen LogP contribution in [-0.2, 0) is 23.6 Å². The van der Waals surface area contributed by atoms with Crippen molar-refractivity contribution in [1.29, 1.82) is 0 Å². The molecule has 0 unspecified atom stereocenters. The Bertz CT molecular complexity index is 745. The monoisotopic (exact) mass is 362 g/mol. The van der Waals surface area contributed by atoms with Gasteiger partial charge in [0.1, 0.15) is 10.7 Å². The number of aryl methyl sites for hydroxylation is 1. The number of nitrogens with zero attached hydrogens (tertiary/aromatic N) is 2. The summed E-state index contributed by atoms with van der Waals surface area (Å²) in [6.45, 7) is -0.0292. The molecule has 1 heterocycles. The number of hydrogen-bond donors (Lipinski definition) is 2. The summed E-state index contributed by atoms with van der Waals surface area (Å²) in [6.07, 6.45) is 1.68. The largest absolute Gasteiger partial charge is 0.398 e. The van der Waals surface area contributed by atoms with E-state index in [0.717, 1.165) is 12.1 Å². The molecule has 108 valence electrons. The maximum absolute atomic E-state index is 13.7. The lowest BCUT2D eigenvalue weighted by Gasteiger charge is -2.08. The number of nitrogens with one attached hydrogen (secondary N) is 1. The maximum atomic E-state index is 13.7. The predicted molar refractivity (Wildman–Crippen MR) is 75.7 cm³/mol. The Morgan fingerprint density at radius 3 is 2.80 bits per heavy atom. The third-order valence-corrected chi connectivity index (χ3v) is 4.66. The number of nitrogen functional groups attached to an aromatic ring is 1. The predicted octanol–water partition coefficient (Wildman–Crippen LogP) is 1.38. The number of benzene rings is 1. The number of anilines is 1. The summed E-state index contributed by atoms with van der Waals surface area (Å²) in [5, 5.41) is 4.03. The lowest BCUT2D eigenvalue weighted by Crippen LogP contribution is -2.24. The van der Waals surface area contributed by atoms with Crippen LogP contribution in [0.4, 0.5) is 10.1 Å². The standard InChI is InChI=1S/C11H12BrFN4O2S/c1-17-3-2-7(16-17)6-15-20(18,19)11-5-10(14)8(12)4-9(11)13/h2-5,15H,6,14H2,1H3. The first kappa shape index (κ1) is 14.9. The Balaban J connectivity index is 2.24. The molecule has 1 aromatic heterocycles. The van der Waals surface area contributed by atoms with E-state index in [9.17, 15) is 12.8 Å². The van der Waals surface area contributed by atoms with Gasteiger partial charge in [-0.05, 0) is 34.1 Å². The Hall–Kier alpha value is -1.45. The van der Waals surface area contributed by atoms with E-state index in [0.29, 0.717) is 10.2 Å². The minimum absolute atomic E-state index is 0.0292. The molecular weight excluding hydrogens is 351 g/mol. The Labute approximate surface area is 124 Å². The average Bonchev–Trinajstić information content (AvgIpc) is 2.77. The molecule has 0 aliphatic rings. The number of aromatic nitrogens is 2. The van der Waals surface area contributed by atoms with Crippen molar-refractivity contribution in [2.24, 2.45) is 7.05 Å². The summed E-state index contributed by atoms with van der Waals surface area (Å²) in [4.78, 5) is -0.492. The highest BCUT2D eigenvalue weighted by Crippen LogP contribution is 2.26. The Morgan fingerprint density at radius 1 is 1.50 bits per heavy atom. The fourth-order valence-electron chi connectivity index (χ4n) is 1.55. The minimum Gasteiger partial charge on any atom is -0.398 e. The number of sulfonamides is 1. The van der Waals surface area contributed by atoms with Crippen LogP contribution < -0.4 is 10.5 Å². The molecule has 0 bridgehead atoms. The molecule has 20 heavy (non-hydrogen) atoms. The van der Waals surface area contributed by atoms with Crippen LogP contribution in [0.3, 0.4) is 0 Å². The highest BCUT2D eigenvalue weighted by atomic mass is 79.9. The average molecular weight is 363 g/mol. The first-order valence-corrected chi connectivity index (χ1v) is 7.80. The molecule has 2 aromatic rings. The van der Waals surface area contributed by atoms with Gasteiger partial charge in [-0.15, -0.1) is 0 Å². The molecule has 0 saturated heterocycles. The van der Waals surface area contributed by atoms with E-state index in [4.69, 9.17) is 5.73 Å². The van der Waals surface area contributed by atoms with Crippen molar-refractivity contribution >= 4 is 31.6 Å². The fourth-order valence-corrected chi connectivity index (χ4v) is 2.96. The van der Waals surface area contributed by atoms with Crippen molar-refractivity contribution in [2.45, 2.75) is 11.4 Å². The zero-order valence-corrected chi connectivity index (χ0v) is 12.9. The topological polar surface area (TPSA) is 90.0 Å². The van der Waals surface area contributed by atoms with Gasteiger partial charge in [0.2, 0.25) is 10.0 Å². The van der Waals surface area contributed by atoms with Crippen molar-refractivity contribution in [3.8, 4) is 0 Å². The van der Waals surface area contributed by atoms with Gasteiger partial charge in [-0.25, -0.2) is 17.5 Å². The summed E-state index contributed by atoms with van der Waals surface area (Å²) in [7, 11) is -2.28. The molecule has 1 aromatic carbocycles. The third kappa shape index (κ3) is 3.17. The molecule has 0 radical (unpaired) electrons. The number of nitrogens with two attached hydrogens (primary N) is 1. The zero-order chi connectivity index (χ0) is 14.9. The van der Waals surface area contributed by atoms with Gasteiger partial charge in [-0.3, -0.25) is 4.68 Å². The lowest BCUT2D eigenvalue weighted by atomic mass is 10.3. The molecule has 0 spiro atoms. The molecule has 0 aliphatic heterocycles. The van der Waals surface area contributed by atoms with Gasteiger partial charge in [-0.1, -0.05) is 0 Å². The molecule has 0 saturated carbocycles. The van der Waals surface area contributed by atoms with Gasteiger partial charge < -0.3 is 5.73 Å². The van der Waals surface area contributed by atoms with Gasteiger partial charge in [0, 0.05) is 23.4 Å². The summed E-state index contributed by atoms with van der Waals surface area (Å²) < 4.78 is 41.9. The minimum atomic E-state index is -3.99. The summed E-state index contributed by atoms with van der Waals surface area (Å²) in [5.41, 5.74) is 6.25. The summed E-state index contributed by atoms with van der Waals surface area (Å²) in [5.74, 6) is -0.875. The number of rotatable bonds is 4. The van der Waals surface area contributed by atoms with E-state index in [1.165, 1.54) is 0 Å². The van der Waals surface area contributed by atoms with Crippen molar-refractivity contribution in [3.63, 3.8) is 0 Å². The number of halogens is 2. The summed E-state index contributed by atoms with van der Waals surface area (Å²) in [6, 6.07) is 3.75. The maximum Gasteiger partial charge on any atom is 0.243 e. The molecular formula is C11H12BrFN4O2S. The normalized spacial score (nSPS) is 11.8. The molecule has 3 N–H and O–H groups in total. The van der Waals surface area contributed by atoms with Crippen LogP contribution in [0.1, 0.15) is 5.69 Å². The fraction of sp³-hybridized carbons (Fsp3) is 0.182. The van der Waals surface area contributed by atoms with E-state index >= 15 is 0 Å². The van der Waals surface area contributed by atoms with Crippen LogP contribution in [0.2, 0.25) is 0 Å². The van der Waals surface area contributed by atoms with Crippen molar-refractivity contribution in [3.05, 3.63) is 40.4 Å². The van der Waals surface area contributed by atoms with Crippen LogP contribution >= 0.6 is 15.9 Å². The quantitative estimate of drug-likeness (QED) is 0.804. The zero-order valence-electron chi connectivity index (χ0n) is 10.5. The van der Waals surface area contributed by atoms with Crippen LogP contribution in [-0.4, -0.2) is 18.2 Å². The van der Waals surface area contributed by atoms with Crippen molar-refractivity contribution in [2.75, 3.05) is 5.73 Å². The van der Waals surface area contributed by atoms with E-state index in [1.54, 1.807) is 24.0 Å². The molecule has 2 rings (SSSR count). The first-order chi connectivity index (χ1) is 9.29. The van der Waals surface area contributed by atoms with Crippen LogP contribution in [0.25, 0.3) is 0 Å². The Kier molecular flexibility index (Phi) is 4.11. The second-order valence-electron chi connectivity index (χ2n) is 4.11. The van der Waals surface area contributed by atoms with Crippen molar-refractivity contribution < 1.29 is 12.8 Å².